The Morgan fingerprint density at radius 2 is 1.86 bits per heavy atom. The number of aliphatic hydroxyl groups is 1. The summed E-state index contributed by atoms with van der Waals surface area (Å²) in [6.07, 6.45) is 6.67. The van der Waals surface area contributed by atoms with Crippen molar-refractivity contribution in [3.63, 3.8) is 0 Å². The molecule has 3 amide bonds. The fourth-order valence-corrected chi connectivity index (χ4v) is 9.60. The Bertz CT molecular complexity index is 2430. The van der Waals surface area contributed by atoms with Gasteiger partial charge in [0.1, 0.15) is 18.6 Å². The molecule has 2 aromatic carbocycles. The van der Waals surface area contributed by atoms with E-state index in [1.165, 1.54) is 7.11 Å². The van der Waals surface area contributed by atoms with Gasteiger partial charge in [-0.3, -0.25) is 23.5 Å². The number of carbonyl (C=O) groups is 3. The van der Waals surface area contributed by atoms with Crippen molar-refractivity contribution < 1.29 is 38.1 Å². The van der Waals surface area contributed by atoms with Gasteiger partial charge in [-0.15, -0.1) is 0 Å². The van der Waals surface area contributed by atoms with Crippen molar-refractivity contribution in [2.75, 3.05) is 47.1 Å². The Morgan fingerprint density at radius 1 is 1.08 bits per heavy atom. The van der Waals surface area contributed by atoms with Crippen LogP contribution >= 0.6 is 0 Å². The molecule has 0 radical (unpaired) electrons. The van der Waals surface area contributed by atoms with Crippen molar-refractivity contribution in [1.29, 1.82) is 0 Å². The third-order valence-corrected chi connectivity index (χ3v) is 13.0. The fourth-order valence-electron chi connectivity index (χ4n) is 9.60. The van der Waals surface area contributed by atoms with E-state index < -0.39 is 42.2 Å². The molecule has 5 N–H and O–H groups in total. The van der Waals surface area contributed by atoms with Gasteiger partial charge in [0.15, 0.2) is 6.17 Å². The van der Waals surface area contributed by atoms with Gasteiger partial charge in [-0.25, -0.2) is 14.2 Å². The number of imidazole rings is 1. The number of aliphatic hydroxyl groups excluding tert-OH is 1. The normalized spacial score (nSPS) is 23.7. The number of carbonyl (C=O) groups excluding carboxylic acids is 3. The Morgan fingerprint density at radius 3 is 2.59 bits per heavy atom. The average Bonchev–Trinajstić information content (AvgIpc) is 3.70. The Kier molecular flexibility index (Phi) is 14.7. The van der Waals surface area contributed by atoms with Crippen LogP contribution in [0.3, 0.4) is 0 Å². The zero-order chi connectivity index (χ0) is 44.8. The minimum absolute atomic E-state index is 0.0321. The molecule has 1 aliphatic carbocycles. The highest BCUT2D eigenvalue weighted by Crippen LogP contribution is 2.35. The fraction of sp³-hybridized carbons (Fsp3) is 0.553. The van der Waals surface area contributed by atoms with Gasteiger partial charge in [0, 0.05) is 68.6 Å². The smallest absolute Gasteiger partial charge is 0.329 e. The number of halogens is 1. The van der Waals surface area contributed by atoms with Crippen molar-refractivity contribution in [2.45, 2.75) is 95.6 Å². The molecule has 1 saturated carbocycles. The minimum Gasteiger partial charge on any atom is -0.496 e. The van der Waals surface area contributed by atoms with Crippen molar-refractivity contribution >= 4 is 39.5 Å². The average molecular weight is 870 g/mol. The second kappa shape index (κ2) is 20.3. The summed E-state index contributed by atoms with van der Waals surface area (Å²) >= 11 is 0. The van der Waals surface area contributed by atoms with E-state index in [4.69, 9.17) is 19.9 Å². The van der Waals surface area contributed by atoms with Crippen LogP contribution in [-0.4, -0.2) is 107 Å². The van der Waals surface area contributed by atoms with Gasteiger partial charge in [0.2, 0.25) is 11.8 Å². The predicted octanol–water partition coefficient (Wildman–Crippen LogP) is 4.14. The summed E-state index contributed by atoms with van der Waals surface area (Å²) in [6.45, 7) is 5.09. The molecule has 3 fully saturated rings. The second-order valence-electron chi connectivity index (χ2n) is 17.3. The molecule has 338 valence electrons. The van der Waals surface area contributed by atoms with Gasteiger partial charge in [-0.2, -0.15) is 0 Å². The SMILES string of the molecule is CC[C@H]1C(COc2ncc(C#CC3CCC(CN(C)CCCOCCCc4cccc5c4n(C)c(=O)n5C4CCC(=O)NC4O)CC3)c3cc(C(N)=O)c(OC)cc23)NC(=O)[C@H]1F. The lowest BCUT2D eigenvalue weighted by Gasteiger charge is -2.29. The highest BCUT2D eigenvalue weighted by atomic mass is 19.1. The first-order valence-electron chi connectivity index (χ1n) is 22.2. The van der Waals surface area contributed by atoms with E-state index in [0.29, 0.717) is 48.3 Å². The molecule has 4 heterocycles. The van der Waals surface area contributed by atoms with E-state index in [0.717, 1.165) is 74.6 Å². The summed E-state index contributed by atoms with van der Waals surface area (Å²) in [4.78, 5) is 56.3. The van der Waals surface area contributed by atoms with Crippen molar-refractivity contribution in [3.8, 4) is 23.5 Å². The number of fused-ring (bicyclic) bond motifs is 2. The minimum atomic E-state index is -1.58. The van der Waals surface area contributed by atoms with Crippen LogP contribution in [0.2, 0.25) is 0 Å². The van der Waals surface area contributed by atoms with Crippen LogP contribution in [-0.2, 0) is 27.8 Å². The number of ether oxygens (including phenoxy) is 3. The van der Waals surface area contributed by atoms with Crippen LogP contribution in [0.1, 0.15) is 92.2 Å². The van der Waals surface area contributed by atoms with Crippen molar-refractivity contribution in [3.05, 3.63) is 63.7 Å². The molecule has 5 atom stereocenters. The topological polar surface area (TPSA) is 192 Å². The molecule has 4 aromatic rings. The van der Waals surface area contributed by atoms with E-state index >= 15 is 0 Å². The maximum atomic E-state index is 14.4. The zero-order valence-electron chi connectivity index (χ0n) is 36.7. The molecule has 3 unspecified atom stereocenters. The monoisotopic (exact) mass is 869 g/mol. The third-order valence-electron chi connectivity index (χ3n) is 13.0. The van der Waals surface area contributed by atoms with Crippen LogP contribution in [0.5, 0.6) is 11.6 Å². The third kappa shape index (κ3) is 10.2. The number of primary amides is 1. The number of aromatic nitrogens is 3. The van der Waals surface area contributed by atoms with Crippen molar-refractivity contribution in [2.24, 2.45) is 30.5 Å². The molecule has 3 aliphatic rings. The first-order valence-corrected chi connectivity index (χ1v) is 22.2. The summed E-state index contributed by atoms with van der Waals surface area (Å²) in [5.41, 5.74) is 8.99. The van der Waals surface area contributed by atoms with Crippen LogP contribution in [0, 0.1) is 29.6 Å². The van der Waals surface area contributed by atoms with Gasteiger partial charge < -0.3 is 40.6 Å². The van der Waals surface area contributed by atoms with Gasteiger partial charge in [0.25, 0.3) is 11.8 Å². The molecule has 2 aromatic heterocycles. The number of aryl methyl sites for hydroxylation is 2. The number of rotatable bonds is 17. The molecular weight excluding hydrogens is 810 g/mol. The molecule has 0 bridgehead atoms. The summed E-state index contributed by atoms with van der Waals surface area (Å²) < 4.78 is 35.3. The van der Waals surface area contributed by atoms with Gasteiger partial charge in [-0.1, -0.05) is 30.9 Å². The van der Waals surface area contributed by atoms with Crippen LogP contribution in [0.4, 0.5) is 4.39 Å². The lowest BCUT2D eigenvalue weighted by atomic mass is 9.82. The number of piperidine rings is 1. The van der Waals surface area contributed by atoms with E-state index in [1.54, 1.807) is 34.5 Å². The van der Waals surface area contributed by atoms with Gasteiger partial charge >= 0.3 is 5.69 Å². The molecule has 16 heteroatoms. The summed E-state index contributed by atoms with van der Waals surface area (Å²) in [5, 5.41) is 17.0. The summed E-state index contributed by atoms with van der Waals surface area (Å²) in [6, 6.07) is 8.16. The number of nitrogens with two attached hydrogens (primary N) is 1. The number of benzene rings is 2. The quantitative estimate of drug-likeness (QED) is 0.0887. The number of hydrogen-bond donors (Lipinski definition) is 4. The molecule has 0 spiro atoms. The molecule has 7 rings (SSSR count). The highest BCUT2D eigenvalue weighted by Gasteiger charge is 2.42. The van der Waals surface area contributed by atoms with Gasteiger partial charge in [0.05, 0.1) is 41.4 Å². The van der Waals surface area contributed by atoms with E-state index in [9.17, 15) is 28.7 Å². The number of nitrogens with one attached hydrogen (secondary N) is 2. The maximum absolute atomic E-state index is 14.4. The summed E-state index contributed by atoms with van der Waals surface area (Å²) in [5.74, 6) is 6.14. The number of amides is 3. The zero-order valence-corrected chi connectivity index (χ0v) is 36.7. The number of hydrogen-bond acceptors (Lipinski definition) is 10. The summed E-state index contributed by atoms with van der Waals surface area (Å²) in [7, 11) is 5.36. The Labute approximate surface area is 366 Å². The van der Waals surface area contributed by atoms with E-state index in [-0.39, 0.29) is 47.7 Å². The molecule has 15 nitrogen and oxygen atoms in total. The molecule has 63 heavy (non-hydrogen) atoms. The Balaban J connectivity index is 0.864. The molecular formula is C47H60FN7O8. The largest absolute Gasteiger partial charge is 0.496 e. The highest BCUT2D eigenvalue weighted by molar-refractivity contribution is 6.03. The lowest BCUT2D eigenvalue weighted by molar-refractivity contribution is -0.128. The van der Waals surface area contributed by atoms with Crippen LogP contribution in [0.15, 0.2) is 41.3 Å². The predicted molar refractivity (Wildman–Crippen MR) is 236 cm³/mol. The van der Waals surface area contributed by atoms with Crippen LogP contribution < -0.4 is 31.5 Å². The first kappa shape index (κ1) is 45.5. The standard InChI is InChI=1S/C47H60FN7O8/c1-5-32-36(51-45(59)41(32)48)27-63-46-34-24-39(61-4)35(43(49)57)23-33(34)31(25-50-46)17-16-28-12-14-29(15-13-28)26-53(2)20-8-22-62-21-7-10-30-9-6-11-37-42(30)54(3)47(60)55(37)38-18-19-40(56)52-44(38)58/h6,9,11,23-25,28-29,32,36,38,41,44,58H,5,7-8,10,12-15,18-22,26-27H2,1-4H3,(H2,49,57)(H,51,59)(H,52,56)/t28?,29?,32-,36?,38?,41-,44?/m0/s1. The number of methoxy groups -OCH3 is 1. The van der Waals surface area contributed by atoms with E-state index in [2.05, 4.69) is 39.4 Å². The van der Waals surface area contributed by atoms with Crippen LogP contribution in [0.25, 0.3) is 21.8 Å². The first-order chi connectivity index (χ1) is 30.4. The van der Waals surface area contributed by atoms with Crippen molar-refractivity contribution in [1.82, 2.24) is 29.7 Å². The second-order valence-corrected chi connectivity index (χ2v) is 17.3. The van der Waals surface area contributed by atoms with E-state index in [1.807, 2.05) is 25.1 Å². The molecule has 2 saturated heterocycles. The number of pyridine rings is 1. The van der Waals surface area contributed by atoms with Gasteiger partial charge in [-0.05, 0) is 94.5 Å². The number of nitrogens with zero attached hydrogens (tertiary/aromatic N) is 4. The lowest BCUT2D eigenvalue weighted by Crippen LogP contribution is -2.47. The maximum Gasteiger partial charge on any atom is 0.329 e. The molecule has 2 aliphatic heterocycles. The number of alkyl halides is 1. The number of para-hydroxylation sites is 1. The Hall–Kier alpha value is -5.50.